The molecule has 304 valence electrons. The lowest BCUT2D eigenvalue weighted by molar-refractivity contribution is -0.137. The number of esters is 2. The SMILES string of the molecule is CCC(=O)Oc1c(OC)cc(CN2CC3CC(C(C(=O)O)=C(C(=O)O)C4CC5CC(C4)N(Cc4cc(OC)c(OC(=O)CC)c(OC)c4)C5)CC2C3)cc1OC. The average molecular weight is 779 g/mol. The molecule has 14 heteroatoms. The Morgan fingerprint density at radius 1 is 0.571 bits per heavy atom. The number of carboxylic acids is 2. The van der Waals surface area contributed by atoms with Crippen molar-refractivity contribution in [3.63, 3.8) is 0 Å². The maximum atomic E-state index is 13.1. The molecule has 2 aromatic rings. The van der Waals surface area contributed by atoms with E-state index in [0.29, 0.717) is 61.8 Å². The molecule has 6 unspecified atom stereocenters. The summed E-state index contributed by atoms with van der Waals surface area (Å²) in [6, 6.07) is 7.47. The van der Waals surface area contributed by atoms with E-state index >= 15 is 0 Å². The molecular weight excluding hydrogens is 724 g/mol. The van der Waals surface area contributed by atoms with Crippen LogP contribution in [0.5, 0.6) is 34.5 Å². The quantitative estimate of drug-likeness (QED) is 0.121. The van der Waals surface area contributed by atoms with Crippen LogP contribution in [0.2, 0.25) is 0 Å². The first-order chi connectivity index (χ1) is 26.9. The van der Waals surface area contributed by atoms with Gasteiger partial charge >= 0.3 is 23.9 Å². The molecule has 2 saturated carbocycles. The van der Waals surface area contributed by atoms with Gasteiger partial charge in [-0.15, -0.1) is 0 Å². The van der Waals surface area contributed by atoms with Gasteiger partial charge in [-0.25, -0.2) is 9.59 Å². The van der Waals surface area contributed by atoms with Crippen LogP contribution in [-0.4, -0.2) is 97.5 Å². The van der Waals surface area contributed by atoms with Gasteiger partial charge in [-0.2, -0.15) is 0 Å². The summed E-state index contributed by atoms with van der Waals surface area (Å²) in [5.74, 6) is -1.44. The smallest absolute Gasteiger partial charge is 0.332 e. The third-order valence-electron chi connectivity index (χ3n) is 12.0. The van der Waals surface area contributed by atoms with Crippen molar-refractivity contribution >= 4 is 23.9 Å². The van der Waals surface area contributed by atoms with Crippen LogP contribution in [0.15, 0.2) is 35.4 Å². The Kier molecular flexibility index (Phi) is 12.8. The van der Waals surface area contributed by atoms with Gasteiger partial charge in [0.25, 0.3) is 0 Å². The first kappa shape index (κ1) is 40.8. The van der Waals surface area contributed by atoms with Gasteiger partial charge in [0.1, 0.15) is 0 Å². The Labute approximate surface area is 327 Å². The standard InChI is InChI=1S/C42H54N2O12/c1-7-35(45)55-39-31(51-3)13-25(14-32(39)52-4)21-43-19-23-9-27(17-29(43)11-23)37(41(47)48)38(42(49)50)28-10-24-12-30(18-28)44(20-24)22-26-15-33(53-5)40(34(16-26)54-6)56-36(46)8-2/h13-16,23-24,27-30H,7-12,17-22H2,1-6H3,(H,47,48)(H,49,50). The topological polar surface area (TPSA) is 171 Å². The summed E-state index contributed by atoms with van der Waals surface area (Å²) in [5.41, 5.74) is 1.91. The van der Waals surface area contributed by atoms with Gasteiger partial charge in [-0.3, -0.25) is 19.4 Å². The van der Waals surface area contributed by atoms with Crippen LogP contribution >= 0.6 is 0 Å². The largest absolute Gasteiger partial charge is 0.493 e. The molecule has 6 rings (SSSR count). The second-order valence-electron chi connectivity index (χ2n) is 15.5. The first-order valence-electron chi connectivity index (χ1n) is 19.5. The molecule has 2 aliphatic heterocycles. The summed E-state index contributed by atoms with van der Waals surface area (Å²) < 4.78 is 33.3. The van der Waals surface area contributed by atoms with Crippen molar-refractivity contribution in [3.8, 4) is 34.5 Å². The number of nitrogens with zero attached hydrogens (tertiary/aromatic N) is 2. The number of carbonyl (C=O) groups is 4. The molecule has 0 aromatic heterocycles. The first-order valence-corrected chi connectivity index (χ1v) is 19.5. The normalized spacial score (nSPS) is 24.9. The Morgan fingerprint density at radius 3 is 1.20 bits per heavy atom. The minimum atomic E-state index is -1.15. The maximum absolute atomic E-state index is 13.1. The summed E-state index contributed by atoms with van der Waals surface area (Å²) in [6.45, 7) is 6.03. The van der Waals surface area contributed by atoms with Gasteiger partial charge in [0.15, 0.2) is 23.0 Å². The van der Waals surface area contributed by atoms with Gasteiger partial charge in [0, 0.05) is 51.1 Å². The Morgan fingerprint density at radius 2 is 0.911 bits per heavy atom. The molecule has 0 radical (unpaired) electrons. The molecule has 56 heavy (non-hydrogen) atoms. The van der Waals surface area contributed by atoms with E-state index in [1.54, 1.807) is 13.8 Å². The fourth-order valence-electron chi connectivity index (χ4n) is 9.64. The third-order valence-corrected chi connectivity index (χ3v) is 12.0. The van der Waals surface area contributed by atoms with Crippen LogP contribution in [-0.2, 0) is 32.3 Å². The molecule has 6 atom stereocenters. The predicted octanol–water partition coefficient (Wildman–Crippen LogP) is 5.72. The van der Waals surface area contributed by atoms with Crippen LogP contribution in [0.3, 0.4) is 0 Å². The summed E-state index contributed by atoms with van der Waals surface area (Å²) in [7, 11) is 6.03. The highest BCUT2D eigenvalue weighted by Gasteiger charge is 2.47. The number of methoxy groups -OCH3 is 4. The van der Waals surface area contributed by atoms with E-state index in [1.165, 1.54) is 28.4 Å². The van der Waals surface area contributed by atoms with Crippen molar-refractivity contribution in [1.29, 1.82) is 0 Å². The number of hydrogen-bond donors (Lipinski definition) is 2. The number of carboxylic acid groups (broad SMARTS) is 2. The number of carbonyl (C=O) groups excluding carboxylic acids is 2. The lowest BCUT2D eigenvalue weighted by atomic mass is 9.71. The second kappa shape index (κ2) is 17.5. The number of hydrogen-bond acceptors (Lipinski definition) is 12. The minimum absolute atomic E-state index is 0.0593. The lowest BCUT2D eigenvalue weighted by Crippen LogP contribution is -2.35. The zero-order valence-electron chi connectivity index (χ0n) is 33.1. The number of rotatable bonds is 16. The molecule has 4 bridgehead atoms. The number of ether oxygens (including phenoxy) is 6. The molecule has 2 N–H and O–H groups in total. The van der Waals surface area contributed by atoms with E-state index in [1.807, 2.05) is 24.3 Å². The molecule has 0 spiro atoms. The number of benzene rings is 2. The van der Waals surface area contributed by atoms with Crippen LogP contribution in [0, 0.1) is 23.7 Å². The average Bonchev–Trinajstić information content (AvgIpc) is 3.63. The molecule has 4 aliphatic rings. The highest BCUT2D eigenvalue weighted by atomic mass is 16.6. The van der Waals surface area contributed by atoms with Crippen molar-refractivity contribution in [3.05, 3.63) is 46.5 Å². The van der Waals surface area contributed by atoms with E-state index in [-0.39, 0.29) is 71.2 Å². The Balaban J connectivity index is 1.19. The number of aliphatic carboxylic acids is 2. The van der Waals surface area contributed by atoms with Crippen molar-refractivity contribution in [2.24, 2.45) is 23.7 Å². The number of fused-ring (bicyclic) bond motifs is 4. The van der Waals surface area contributed by atoms with E-state index in [9.17, 15) is 29.4 Å². The fraction of sp³-hybridized carbons (Fsp3) is 0.571. The van der Waals surface area contributed by atoms with Crippen molar-refractivity contribution in [1.82, 2.24) is 9.80 Å². The highest BCUT2D eigenvalue weighted by molar-refractivity contribution is 5.99. The zero-order valence-corrected chi connectivity index (χ0v) is 33.1. The summed E-state index contributed by atoms with van der Waals surface area (Å²) in [6.07, 6.45) is 4.54. The summed E-state index contributed by atoms with van der Waals surface area (Å²) in [4.78, 5) is 55.1. The maximum Gasteiger partial charge on any atom is 0.332 e. The molecule has 2 heterocycles. The number of likely N-dealkylation sites (tertiary alicyclic amines) is 2. The molecule has 2 aromatic carbocycles. The van der Waals surface area contributed by atoms with E-state index in [2.05, 4.69) is 9.80 Å². The predicted molar refractivity (Wildman–Crippen MR) is 203 cm³/mol. The van der Waals surface area contributed by atoms with Gasteiger partial charge in [0.2, 0.25) is 11.5 Å². The molecule has 2 saturated heterocycles. The Hall–Kier alpha value is -4.82. The second-order valence-corrected chi connectivity index (χ2v) is 15.5. The van der Waals surface area contributed by atoms with Crippen molar-refractivity contribution in [2.75, 3.05) is 41.5 Å². The van der Waals surface area contributed by atoms with E-state index in [0.717, 1.165) is 37.1 Å². The van der Waals surface area contributed by atoms with Crippen LogP contribution in [0.4, 0.5) is 0 Å². The third kappa shape index (κ3) is 8.61. The van der Waals surface area contributed by atoms with E-state index in [4.69, 9.17) is 28.4 Å². The monoisotopic (exact) mass is 778 g/mol. The van der Waals surface area contributed by atoms with Crippen LogP contribution < -0.4 is 28.4 Å². The molecule has 4 fully saturated rings. The van der Waals surface area contributed by atoms with Crippen LogP contribution in [0.25, 0.3) is 0 Å². The molecule has 0 amide bonds. The van der Waals surface area contributed by atoms with Gasteiger partial charge in [-0.1, -0.05) is 13.8 Å². The van der Waals surface area contributed by atoms with Crippen molar-refractivity contribution < 1.29 is 57.8 Å². The molecular formula is C42H54N2O12. The van der Waals surface area contributed by atoms with Crippen molar-refractivity contribution in [2.45, 2.75) is 90.4 Å². The van der Waals surface area contributed by atoms with Crippen LogP contribution in [0.1, 0.15) is 76.3 Å². The van der Waals surface area contributed by atoms with Gasteiger partial charge < -0.3 is 38.6 Å². The van der Waals surface area contributed by atoms with E-state index < -0.39 is 23.9 Å². The lowest BCUT2D eigenvalue weighted by Gasteiger charge is -2.34. The van der Waals surface area contributed by atoms with Gasteiger partial charge in [-0.05, 0) is 97.6 Å². The highest BCUT2D eigenvalue weighted by Crippen LogP contribution is 2.48. The summed E-state index contributed by atoms with van der Waals surface area (Å²) >= 11 is 0. The minimum Gasteiger partial charge on any atom is -0.493 e. The molecule has 14 nitrogen and oxygen atoms in total. The summed E-state index contributed by atoms with van der Waals surface area (Å²) in [5, 5.41) is 21.4. The zero-order chi connectivity index (χ0) is 40.3. The Bertz CT molecular complexity index is 1680. The van der Waals surface area contributed by atoms with Gasteiger partial charge in [0.05, 0.1) is 39.6 Å². The molecule has 2 aliphatic carbocycles. The fourth-order valence-corrected chi connectivity index (χ4v) is 9.64.